The highest BCUT2D eigenvalue weighted by Crippen LogP contribution is 2.41. The molecule has 3 atom stereocenters. The van der Waals surface area contributed by atoms with Crippen molar-refractivity contribution in [3.63, 3.8) is 0 Å². The van der Waals surface area contributed by atoms with Crippen molar-refractivity contribution < 1.29 is 62.1 Å². The highest BCUT2D eigenvalue weighted by Gasteiger charge is 2.38. The number of aromatic nitrogens is 1. The molecule has 3 aromatic rings. The molecular weight excluding hydrogens is 855 g/mol. The van der Waals surface area contributed by atoms with E-state index in [1.54, 1.807) is 37.6 Å². The van der Waals surface area contributed by atoms with Gasteiger partial charge in [-0.2, -0.15) is 0 Å². The summed E-state index contributed by atoms with van der Waals surface area (Å²) in [5.74, 6) is -9.52. The number of benzene rings is 2. The van der Waals surface area contributed by atoms with Crippen molar-refractivity contribution >= 4 is 53.2 Å². The zero-order valence-corrected chi connectivity index (χ0v) is 36.0. The third kappa shape index (κ3) is 14.6. The molecule has 1 aliphatic rings. The second-order valence-corrected chi connectivity index (χ2v) is 16.2. The second-order valence-electron chi connectivity index (χ2n) is 16.2. The number of hydrogen-bond donors (Lipinski definition) is 7. The molecule has 0 fully saturated rings. The van der Waals surface area contributed by atoms with Crippen molar-refractivity contribution in [3.05, 3.63) is 95.8 Å². The van der Waals surface area contributed by atoms with Crippen LogP contribution in [0.15, 0.2) is 72.9 Å². The smallest absolute Gasteiger partial charge is 0.303 e. The average Bonchev–Trinajstić information content (AvgIpc) is 3.79. The molecule has 348 valence electrons. The molecule has 2 aromatic carbocycles. The standard InChI is InChI=1S/C44H52F2N8O11/c1-44(2,3)41(33-19-27(29-20-28(45)9-10-30(29)46)23-52(33)22-26-7-5-4-6-8-26)53(39(61)25-55)18-15-31(51-43(65)32(21-34(47)56)50-35(57)11-14-40(62)63)42(64)49-17-16-48-36(58)24-54-37(59)12-13-38(54)60/h4-10,12-13,19-20,23,31-32,41,55H,11,14-18,21-22,24-25H2,1-3H3,(H2,47,56)(H,48,58)(H,49,64)(H,50,57)(H,51,65)(H,62,63). The van der Waals surface area contributed by atoms with Crippen LogP contribution in [0, 0.1) is 17.0 Å². The van der Waals surface area contributed by atoms with Gasteiger partial charge < -0.3 is 46.7 Å². The first-order chi connectivity index (χ1) is 30.7. The van der Waals surface area contributed by atoms with Crippen molar-refractivity contribution in [2.75, 3.05) is 32.8 Å². The molecule has 1 aromatic heterocycles. The summed E-state index contributed by atoms with van der Waals surface area (Å²) < 4.78 is 31.5. The van der Waals surface area contributed by atoms with Crippen LogP contribution in [0.2, 0.25) is 0 Å². The molecule has 65 heavy (non-hydrogen) atoms. The molecule has 2 heterocycles. The molecule has 3 unspecified atom stereocenters. The van der Waals surface area contributed by atoms with Gasteiger partial charge in [0.2, 0.25) is 35.4 Å². The highest BCUT2D eigenvalue weighted by molar-refractivity contribution is 6.14. The fraction of sp³-hybridized carbons (Fsp3) is 0.386. The number of carbonyl (C=O) groups excluding carboxylic acids is 8. The van der Waals surface area contributed by atoms with Crippen LogP contribution in [0.25, 0.3) is 11.1 Å². The summed E-state index contributed by atoms with van der Waals surface area (Å²) in [6, 6.07) is 9.56. The van der Waals surface area contributed by atoms with Gasteiger partial charge in [0.05, 0.1) is 18.9 Å². The van der Waals surface area contributed by atoms with Gasteiger partial charge in [-0.1, -0.05) is 51.1 Å². The van der Waals surface area contributed by atoms with E-state index < -0.39 is 121 Å². The summed E-state index contributed by atoms with van der Waals surface area (Å²) in [7, 11) is 0. The van der Waals surface area contributed by atoms with Crippen LogP contribution in [-0.2, 0) is 49.7 Å². The Morgan fingerprint density at radius 1 is 0.831 bits per heavy atom. The molecule has 1 aliphatic heterocycles. The monoisotopic (exact) mass is 906 g/mol. The van der Waals surface area contributed by atoms with Crippen LogP contribution in [-0.4, -0.2) is 123 Å². The summed E-state index contributed by atoms with van der Waals surface area (Å²) in [5, 5.41) is 29.0. The Hall–Kier alpha value is -7.29. The molecule has 0 spiro atoms. The number of primary amides is 1. The molecule has 8 amide bonds. The molecule has 0 bridgehead atoms. The van der Waals surface area contributed by atoms with E-state index in [0.29, 0.717) is 10.6 Å². The first-order valence-corrected chi connectivity index (χ1v) is 20.5. The van der Waals surface area contributed by atoms with E-state index in [9.17, 15) is 52.6 Å². The maximum Gasteiger partial charge on any atom is 0.303 e. The lowest BCUT2D eigenvalue weighted by atomic mass is 9.82. The number of amides is 8. The first-order valence-electron chi connectivity index (χ1n) is 20.5. The van der Waals surface area contributed by atoms with Crippen molar-refractivity contribution in [2.24, 2.45) is 11.1 Å². The minimum absolute atomic E-state index is 0.0583. The topological polar surface area (TPSA) is 280 Å². The minimum atomic E-state index is -1.67. The number of aliphatic hydroxyl groups is 1. The SMILES string of the molecule is CC(C)(C)C(c1cc(-c2cc(F)ccc2F)cn1Cc1ccccc1)N(CCC(NC(=O)C(CC(N)=O)NC(=O)CCC(=O)O)C(=O)NCCNC(=O)CN1C(=O)C=CC1=O)C(=O)CO. The fourth-order valence-electron chi connectivity index (χ4n) is 7.10. The number of aliphatic hydroxyl groups excluding tert-OH is 1. The number of carboxylic acid groups (broad SMARTS) is 1. The molecular formula is C44H52F2N8O11. The highest BCUT2D eigenvalue weighted by atomic mass is 19.1. The molecule has 0 radical (unpaired) electrons. The number of aliphatic carboxylic acids is 1. The number of nitrogens with one attached hydrogen (secondary N) is 4. The summed E-state index contributed by atoms with van der Waals surface area (Å²) in [6.45, 7) is 3.17. The van der Waals surface area contributed by atoms with Crippen molar-refractivity contribution in [1.29, 1.82) is 0 Å². The number of imide groups is 1. The van der Waals surface area contributed by atoms with Crippen molar-refractivity contribution in [3.8, 4) is 11.1 Å². The Labute approximate surface area is 372 Å². The van der Waals surface area contributed by atoms with Gasteiger partial charge in [0.1, 0.15) is 36.9 Å². The lowest BCUT2D eigenvalue weighted by molar-refractivity contribution is -0.141. The molecule has 19 nitrogen and oxygen atoms in total. The third-order valence-electron chi connectivity index (χ3n) is 10.1. The van der Waals surface area contributed by atoms with E-state index in [4.69, 9.17) is 10.8 Å². The van der Waals surface area contributed by atoms with E-state index in [0.717, 1.165) is 35.9 Å². The summed E-state index contributed by atoms with van der Waals surface area (Å²) in [4.78, 5) is 115. The number of carbonyl (C=O) groups is 9. The number of carboxylic acids is 1. The van der Waals surface area contributed by atoms with E-state index in [1.807, 2.05) is 30.3 Å². The van der Waals surface area contributed by atoms with Gasteiger partial charge >= 0.3 is 5.97 Å². The molecule has 4 rings (SSSR count). The Bertz CT molecular complexity index is 2290. The molecule has 0 saturated carbocycles. The predicted octanol–water partition coefficient (Wildman–Crippen LogP) is 0.647. The van der Waals surface area contributed by atoms with Crippen LogP contribution in [0.4, 0.5) is 8.78 Å². The van der Waals surface area contributed by atoms with Gasteiger partial charge in [-0.05, 0) is 41.7 Å². The van der Waals surface area contributed by atoms with E-state index >= 15 is 4.39 Å². The summed E-state index contributed by atoms with van der Waals surface area (Å²) >= 11 is 0. The van der Waals surface area contributed by atoms with Gasteiger partial charge in [-0.25, -0.2) is 8.78 Å². The van der Waals surface area contributed by atoms with Crippen molar-refractivity contribution in [1.82, 2.24) is 35.6 Å². The van der Waals surface area contributed by atoms with Gasteiger partial charge in [-0.15, -0.1) is 0 Å². The Kier molecular flexibility index (Phi) is 17.7. The quantitative estimate of drug-likeness (QED) is 0.0513. The van der Waals surface area contributed by atoms with Gasteiger partial charge in [0.15, 0.2) is 0 Å². The van der Waals surface area contributed by atoms with E-state index in [2.05, 4.69) is 21.3 Å². The van der Waals surface area contributed by atoms with Crippen LogP contribution in [0.1, 0.15) is 63.8 Å². The number of hydrogen-bond acceptors (Lipinski definition) is 10. The minimum Gasteiger partial charge on any atom is -0.481 e. The maximum absolute atomic E-state index is 15.2. The van der Waals surface area contributed by atoms with Crippen LogP contribution in [0.5, 0.6) is 0 Å². The summed E-state index contributed by atoms with van der Waals surface area (Å²) in [5.41, 5.74) is 5.94. The van der Waals surface area contributed by atoms with Gasteiger partial charge in [0.25, 0.3) is 11.8 Å². The van der Waals surface area contributed by atoms with Gasteiger partial charge in [0, 0.05) is 67.8 Å². The van der Waals surface area contributed by atoms with E-state index in [1.165, 1.54) is 4.90 Å². The number of halogens is 2. The molecule has 0 aliphatic carbocycles. The van der Waals surface area contributed by atoms with Crippen LogP contribution >= 0.6 is 0 Å². The number of nitrogens with two attached hydrogens (primary N) is 1. The lowest BCUT2D eigenvalue weighted by Gasteiger charge is -2.41. The Morgan fingerprint density at radius 2 is 1.49 bits per heavy atom. The normalized spacial score (nSPS) is 13.7. The van der Waals surface area contributed by atoms with Crippen molar-refractivity contribution in [2.45, 2.75) is 71.1 Å². The van der Waals surface area contributed by atoms with Crippen LogP contribution < -0.4 is 27.0 Å². The third-order valence-corrected chi connectivity index (χ3v) is 10.1. The van der Waals surface area contributed by atoms with Crippen LogP contribution in [0.3, 0.4) is 0 Å². The molecule has 0 saturated heterocycles. The largest absolute Gasteiger partial charge is 0.481 e. The summed E-state index contributed by atoms with van der Waals surface area (Å²) in [6.07, 6.45) is 1.33. The molecule has 21 heteroatoms. The Balaban J connectivity index is 1.68. The Morgan fingerprint density at radius 3 is 2.11 bits per heavy atom. The zero-order valence-electron chi connectivity index (χ0n) is 36.0. The first kappa shape index (κ1) is 50.4. The lowest BCUT2D eigenvalue weighted by Crippen LogP contribution is -2.56. The fourth-order valence-corrected chi connectivity index (χ4v) is 7.10. The second kappa shape index (κ2) is 22.9. The predicted molar refractivity (Wildman–Crippen MR) is 227 cm³/mol. The average molecular weight is 907 g/mol. The zero-order chi connectivity index (χ0) is 48.0. The number of rotatable bonds is 23. The molecule has 8 N–H and O–H groups in total. The van der Waals surface area contributed by atoms with Gasteiger partial charge in [-0.3, -0.25) is 48.1 Å². The maximum atomic E-state index is 15.2. The number of nitrogens with zero attached hydrogens (tertiary/aromatic N) is 3. The van der Waals surface area contributed by atoms with E-state index in [-0.39, 0.29) is 43.7 Å².